The van der Waals surface area contributed by atoms with E-state index in [1.807, 2.05) is 6.92 Å². The standard InChI is InChI=1S/C20H26ClFN2O3/c1-11(2)12(3)13(4)18(25)24-9-5-8-20(10-24)16-15(23-19(26)27-20)7-6-14(21)17(16)22/h6-7,11-13H,5,8-10H2,1-4H3,(H,23,26)/t12?,13?,20-/m0/s1. The van der Waals surface area contributed by atoms with E-state index in [4.69, 9.17) is 16.3 Å². The fourth-order valence-electron chi connectivity index (χ4n) is 4.05. The van der Waals surface area contributed by atoms with E-state index in [-0.39, 0.29) is 34.9 Å². The molecule has 0 saturated carbocycles. The number of ether oxygens (including phenoxy) is 1. The van der Waals surface area contributed by atoms with Crippen molar-refractivity contribution in [2.45, 2.75) is 46.1 Å². The number of halogens is 2. The van der Waals surface area contributed by atoms with E-state index < -0.39 is 17.5 Å². The van der Waals surface area contributed by atoms with Crippen LogP contribution in [0.3, 0.4) is 0 Å². The number of amides is 2. The summed E-state index contributed by atoms with van der Waals surface area (Å²) < 4.78 is 20.5. The van der Waals surface area contributed by atoms with Crippen LogP contribution >= 0.6 is 11.6 Å². The van der Waals surface area contributed by atoms with Crippen LogP contribution in [0.5, 0.6) is 0 Å². The summed E-state index contributed by atoms with van der Waals surface area (Å²) in [5.41, 5.74) is -0.621. The maximum absolute atomic E-state index is 14.9. The Morgan fingerprint density at radius 2 is 2.04 bits per heavy atom. The number of benzene rings is 1. The first-order valence-electron chi connectivity index (χ1n) is 9.43. The molecule has 148 valence electrons. The smallest absolute Gasteiger partial charge is 0.412 e. The molecular weight excluding hydrogens is 371 g/mol. The zero-order valence-corrected chi connectivity index (χ0v) is 16.9. The molecule has 0 aromatic heterocycles. The van der Waals surface area contributed by atoms with Crippen LogP contribution in [-0.4, -0.2) is 30.0 Å². The minimum absolute atomic E-state index is 0.00819. The predicted molar refractivity (Wildman–Crippen MR) is 102 cm³/mol. The van der Waals surface area contributed by atoms with Crippen molar-refractivity contribution in [2.24, 2.45) is 17.8 Å². The van der Waals surface area contributed by atoms with Crippen molar-refractivity contribution in [3.63, 3.8) is 0 Å². The van der Waals surface area contributed by atoms with Gasteiger partial charge in [-0.1, -0.05) is 39.3 Å². The molecule has 1 fully saturated rings. The number of hydrogen-bond acceptors (Lipinski definition) is 3. The summed E-state index contributed by atoms with van der Waals surface area (Å²) in [6, 6.07) is 2.99. The molecule has 1 spiro atoms. The molecule has 2 aliphatic rings. The Hall–Kier alpha value is -1.82. The topological polar surface area (TPSA) is 58.6 Å². The number of nitrogens with zero attached hydrogens (tertiary/aromatic N) is 1. The highest BCUT2D eigenvalue weighted by molar-refractivity contribution is 6.31. The third kappa shape index (κ3) is 3.51. The van der Waals surface area contributed by atoms with Gasteiger partial charge in [0.15, 0.2) is 11.4 Å². The number of fused-ring (bicyclic) bond motifs is 2. The third-order valence-corrected chi connectivity index (χ3v) is 6.36. The molecule has 2 heterocycles. The van der Waals surface area contributed by atoms with Gasteiger partial charge in [-0.2, -0.15) is 0 Å². The van der Waals surface area contributed by atoms with E-state index in [0.717, 1.165) is 0 Å². The number of rotatable bonds is 3. The summed E-state index contributed by atoms with van der Waals surface area (Å²) in [6.07, 6.45) is 0.428. The van der Waals surface area contributed by atoms with Crippen LogP contribution in [0.4, 0.5) is 14.9 Å². The van der Waals surface area contributed by atoms with Gasteiger partial charge in [-0.3, -0.25) is 10.1 Å². The van der Waals surface area contributed by atoms with Crippen molar-refractivity contribution >= 4 is 29.3 Å². The van der Waals surface area contributed by atoms with Gasteiger partial charge in [0, 0.05) is 12.5 Å². The van der Waals surface area contributed by atoms with Crippen LogP contribution in [0.15, 0.2) is 12.1 Å². The summed E-state index contributed by atoms with van der Waals surface area (Å²) in [5.74, 6) is -0.178. The normalized spacial score (nSPS) is 24.3. The average molecular weight is 397 g/mol. The molecule has 5 nitrogen and oxygen atoms in total. The lowest BCUT2D eigenvalue weighted by molar-refractivity contribution is -0.145. The van der Waals surface area contributed by atoms with E-state index in [2.05, 4.69) is 26.1 Å². The molecule has 3 rings (SSSR count). The lowest BCUT2D eigenvalue weighted by Crippen LogP contribution is -2.54. The van der Waals surface area contributed by atoms with Gasteiger partial charge in [0.25, 0.3) is 0 Å². The van der Waals surface area contributed by atoms with Crippen LogP contribution in [0.1, 0.15) is 46.1 Å². The second kappa shape index (κ2) is 7.30. The molecule has 2 unspecified atom stereocenters. The first-order chi connectivity index (χ1) is 12.7. The molecule has 0 radical (unpaired) electrons. The van der Waals surface area contributed by atoms with Gasteiger partial charge in [0.1, 0.15) is 0 Å². The Morgan fingerprint density at radius 1 is 1.33 bits per heavy atom. The van der Waals surface area contributed by atoms with Crippen molar-refractivity contribution in [1.29, 1.82) is 0 Å². The zero-order valence-electron chi connectivity index (χ0n) is 16.1. The summed E-state index contributed by atoms with van der Waals surface area (Å²) >= 11 is 5.99. The quantitative estimate of drug-likeness (QED) is 0.799. The number of carbonyl (C=O) groups is 2. The van der Waals surface area contributed by atoms with Crippen LogP contribution in [0.25, 0.3) is 0 Å². The Kier molecular flexibility index (Phi) is 5.39. The molecule has 1 aromatic rings. The van der Waals surface area contributed by atoms with Crippen LogP contribution in [0, 0.1) is 23.6 Å². The maximum Gasteiger partial charge on any atom is 0.412 e. The van der Waals surface area contributed by atoms with E-state index in [1.165, 1.54) is 6.07 Å². The van der Waals surface area contributed by atoms with Crippen molar-refractivity contribution in [3.05, 3.63) is 28.5 Å². The molecule has 27 heavy (non-hydrogen) atoms. The molecule has 2 aliphatic heterocycles. The van der Waals surface area contributed by atoms with Gasteiger partial charge < -0.3 is 9.64 Å². The fraction of sp³-hybridized carbons (Fsp3) is 0.600. The van der Waals surface area contributed by atoms with Gasteiger partial charge in [0.2, 0.25) is 5.91 Å². The van der Waals surface area contributed by atoms with Gasteiger partial charge >= 0.3 is 6.09 Å². The van der Waals surface area contributed by atoms with Crippen molar-refractivity contribution < 1.29 is 18.7 Å². The first-order valence-corrected chi connectivity index (χ1v) is 9.81. The largest absolute Gasteiger partial charge is 0.436 e. The lowest BCUT2D eigenvalue weighted by Gasteiger charge is -2.46. The monoisotopic (exact) mass is 396 g/mol. The molecule has 7 heteroatoms. The number of carbonyl (C=O) groups excluding carboxylic acids is 2. The van der Waals surface area contributed by atoms with Crippen molar-refractivity contribution in [1.82, 2.24) is 4.90 Å². The summed E-state index contributed by atoms with van der Waals surface area (Å²) in [5, 5.41) is 2.51. The number of anilines is 1. The minimum Gasteiger partial charge on any atom is -0.436 e. The second-order valence-corrected chi connectivity index (χ2v) is 8.46. The highest BCUT2D eigenvalue weighted by Crippen LogP contribution is 2.45. The molecule has 2 amide bonds. The minimum atomic E-state index is -1.21. The fourth-order valence-corrected chi connectivity index (χ4v) is 4.21. The second-order valence-electron chi connectivity index (χ2n) is 8.05. The van der Waals surface area contributed by atoms with Crippen molar-refractivity contribution in [3.8, 4) is 0 Å². The van der Waals surface area contributed by atoms with E-state index >= 15 is 0 Å². The molecule has 1 aromatic carbocycles. The van der Waals surface area contributed by atoms with Gasteiger partial charge in [-0.05, 0) is 36.8 Å². The predicted octanol–water partition coefficient (Wildman–Crippen LogP) is 4.79. The summed E-state index contributed by atoms with van der Waals surface area (Å²) in [4.78, 5) is 26.9. The Bertz CT molecular complexity index is 770. The molecule has 1 saturated heterocycles. The number of piperidine rings is 1. The Balaban J connectivity index is 1.95. The Morgan fingerprint density at radius 3 is 2.70 bits per heavy atom. The number of nitrogens with one attached hydrogen (secondary N) is 1. The lowest BCUT2D eigenvalue weighted by atomic mass is 9.81. The molecule has 0 aliphatic carbocycles. The van der Waals surface area contributed by atoms with Crippen LogP contribution < -0.4 is 5.32 Å². The van der Waals surface area contributed by atoms with Gasteiger partial charge in [0.05, 0.1) is 22.8 Å². The van der Waals surface area contributed by atoms with Crippen LogP contribution in [0.2, 0.25) is 5.02 Å². The third-order valence-electron chi connectivity index (χ3n) is 6.07. The van der Waals surface area contributed by atoms with E-state index in [1.54, 1.807) is 11.0 Å². The number of hydrogen-bond donors (Lipinski definition) is 1. The molecular formula is C20H26ClFN2O3. The molecule has 1 N–H and O–H groups in total. The summed E-state index contributed by atoms with van der Waals surface area (Å²) in [7, 11) is 0. The summed E-state index contributed by atoms with van der Waals surface area (Å²) in [6.45, 7) is 8.87. The van der Waals surface area contributed by atoms with E-state index in [9.17, 15) is 14.0 Å². The SMILES string of the molecule is CC(C)C(C)C(C)C(=O)N1CCC[C@@]2(C1)OC(=O)Nc1ccc(Cl)c(F)c12. The molecule has 0 bridgehead atoms. The zero-order chi connectivity index (χ0) is 19.9. The van der Waals surface area contributed by atoms with Crippen LogP contribution in [-0.2, 0) is 15.1 Å². The maximum atomic E-state index is 14.9. The average Bonchev–Trinajstić information content (AvgIpc) is 2.62. The van der Waals surface area contributed by atoms with Gasteiger partial charge in [-0.25, -0.2) is 9.18 Å². The van der Waals surface area contributed by atoms with E-state index in [0.29, 0.717) is 31.0 Å². The first kappa shape index (κ1) is 19.9. The highest BCUT2D eigenvalue weighted by atomic mass is 35.5. The van der Waals surface area contributed by atoms with Gasteiger partial charge in [-0.15, -0.1) is 0 Å². The molecule has 3 atom stereocenters. The number of likely N-dealkylation sites (tertiary alicyclic amines) is 1. The Labute approximate surface area is 164 Å². The van der Waals surface area contributed by atoms with Crippen molar-refractivity contribution in [2.75, 3.05) is 18.4 Å². The highest BCUT2D eigenvalue weighted by Gasteiger charge is 2.49.